The van der Waals surface area contributed by atoms with Crippen molar-refractivity contribution >= 4 is 11.9 Å². The van der Waals surface area contributed by atoms with Crippen LogP contribution < -0.4 is 10.6 Å². The summed E-state index contributed by atoms with van der Waals surface area (Å²) < 4.78 is 10.8. The third kappa shape index (κ3) is 4.95. The average Bonchev–Trinajstić information content (AvgIpc) is 3.35. The van der Waals surface area contributed by atoms with Crippen LogP contribution in [-0.2, 0) is 16.1 Å². The fourth-order valence-electron chi connectivity index (χ4n) is 2.98. The van der Waals surface area contributed by atoms with Gasteiger partial charge in [0.2, 0.25) is 5.89 Å². The van der Waals surface area contributed by atoms with Crippen LogP contribution in [0, 0.1) is 5.92 Å². The summed E-state index contributed by atoms with van der Waals surface area (Å²) in [6.45, 7) is 4.79. The second-order valence-electron chi connectivity index (χ2n) is 7.01. The highest BCUT2D eigenvalue weighted by atomic mass is 16.5. The minimum Gasteiger partial charge on any atom is -0.459 e. The number of benzene rings is 1. The first-order valence-electron chi connectivity index (χ1n) is 9.25. The Morgan fingerprint density at radius 1 is 1.33 bits per heavy atom. The Kier molecular flexibility index (Phi) is 6.24. The highest BCUT2D eigenvalue weighted by molar-refractivity contribution is 5.95. The summed E-state index contributed by atoms with van der Waals surface area (Å²) in [5.74, 6) is -0.535. The number of nitrogens with one attached hydrogen (secondary N) is 2. The molecule has 7 nitrogen and oxygen atoms in total. The van der Waals surface area contributed by atoms with E-state index in [0.29, 0.717) is 5.89 Å². The highest BCUT2D eigenvalue weighted by Crippen LogP contribution is 2.22. The number of amides is 1. The van der Waals surface area contributed by atoms with E-state index in [1.807, 2.05) is 44.2 Å². The van der Waals surface area contributed by atoms with Gasteiger partial charge in [-0.15, -0.1) is 0 Å². The molecule has 1 aromatic carbocycles. The van der Waals surface area contributed by atoms with Gasteiger partial charge >= 0.3 is 5.97 Å². The Morgan fingerprint density at radius 2 is 2.11 bits per heavy atom. The van der Waals surface area contributed by atoms with E-state index in [1.54, 1.807) is 0 Å². The van der Waals surface area contributed by atoms with E-state index < -0.39 is 17.9 Å². The molecule has 0 aliphatic carbocycles. The summed E-state index contributed by atoms with van der Waals surface area (Å²) in [5, 5.41) is 5.99. The monoisotopic (exact) mass is 371 g/mol. The van der Waals surface area contributed by atoms with Gasteiger partial charge in [0.1, 0.15) is 18.9 Å². The van der Waals surface area contributed by atoms with Crippen LogP contribution in [0.15, 0.2) is 41.0 Å². The zero-order valence-corrected chi connectivity index (χ0v) is 15.6. The molecule has 3 rings (SSSR count). The Labute approximate surface area is 158 Å². The summed E-state index contributed by atoms with van der Waals surface area (Å²) >= 11 is 0. The number of ether oxygens (including phenoxy) is 1. The van der Waals surface area contributed by atoms with E-state index >= 15 is 0 Å². The maximum Gasteiger partial charge on any atom is 0.329 e. The number of esters is 1. The fraction of sp³-hybridized carbons (Fsp3) is 0.450. The first kappa shape index (κ1) is 19.1. The Hall–Kier alpha value is -2.67. The van der Waals surface area contributed by atoms with Gasteiger partial charge in [0.05, 0.1) is 6.04 Å². The van der Waals surface area contributed by atoms with Gasteiger partial charge in [-0.05, 0) is 30.9 Å². The normalized spacial score (nSPS) is 17.7. The van der Waals surface area contributed by atoms with Gasteiger partial charge in [-0.1, -0.05) is 44.2 Å². The first-order chi connectivity index (χ1) is 13.0. The standard InChI is InChI=1S/C20H25N3O4/c1-13(2)17(20(25)27-11-14-7-4-3-5-8-14)23-18(24)16-12-26-19(22-16)15-9-6-10-21-15/h3-5,7-8,12-13,15,17,21H,6,9-11H2,1-2H3,(H,23,24). The zero-order chi connectivity index (χ0) is 19.2. The minimum atomic E-state index is -0.758. The summed E-state index contributed by atoms with van der Waals surface area (Å²) in [4.78, 5) is 29.2. The molecule has 1 aliphatic rings. The van der Waals surface area contributed by atoms with E-state index in [1.165, 1.54) is 6.26 Å². The maximum atomic E-state index is 12.5. The Bertz CT molecular complexity index is 767. The van der Waals surface area contributed by atoms with Crippen LogP contribution in [0.25, 0.3) is 0 Å². The van der Waals surface area contributed by atoms with Gasteiger partial charge in [0.15, 0.2) is 5.69 Å². The van der Waals surface area contributed by atoms with Crippen LogP contribution in [0.3, 0.4) is 0 Å². The molecule has 0 radical (unpaired) electrons. The molecule has 1 saturated heterocycles. The number of rotatable bonds is 7. The molecule has 2 heterocycles. The second kappa shape index (κ2) is 8.81. The van der Waals surface area contributed by atoms with Crippen LogP contribution in [-0.4, -0.2) is 29.4 Å². The molecule has 2 aromatic rings. The summed E-state index contributed by atoms with van der Waals surface area (Å²) in [6, 6.07) is 8.71. The van der Waals surface area contributed by atoms with Crippen LogP contribution in [0.5, 0.6) is 0 Å². The van der Waals surface area contributed by atoms with E-state index in [2.05, 4.69) is 15.6 Å². The van der Waals surface area contributed by atoms with Crippen molar-refractivity contribution in [3.8, 4) is 0 Å². The molecule has 7 heteroatoms. The molecule has 1 fully saturated rings. The lowest BCUT2D eigenvalue weighted by atomic mass is 10.0. The zero-order valence-electron chi connectivity index (χ0n) is 15.6. The molecule has 1 amide bonds. The van der Waals surface area contributed by atoms with Gasteiger partial charge < -0.3 is 19.8 Å². The van der Waals surface area contributed by atoms with Crippen molar-refractivity contribution in [1.29, 1.82) is 0 Å². The van der Waals surface area contributed by atoms with Crippen LogP contribution in [0.1, 0.15) is 54.7 Å². The average molecular weight is 371 g/mol. The summed E-state index contributed by atoms with van der Waals surface area (Å²) in [7, 11) is 0. The summed E-state index contributed by atoms with van der Waals surface area (Å²) in [5.41, 5.74) is 1.06. The Balaban J connectivity index is 1.59. The van der Waals surface area contributed by atoms with Gasteiger partial charge in [-0.2, -0.15) is 0 Å². The van der Waals surface area contributed by atoms with E-state index in [-0.39, 0.29) is 24.3 Å². The highest BCUT2D eigenvalue weighted by Gasteiger charge is 2.28. The SMILES string of the molecule is CC(C)C(NC(=O)c1coc(C2CCCN2)n1)C(=O)OCc1ccccc1. The molecular formula is C20H25N3O4. The lowest BCUT2D eigenvalue weighted by molar-refractivity contribution is -0.148. The minimum absolute atomic E-state index is 0.0447. The first-order valence-corrected chi connectivity index (χ1v) is 9.25. The molecule has 2 N–H and O–H groups in total. The van der Waals surface area contributed by atoms with Gasteiger partial charge in [-0.25, -0.2) is 9.78 Å². The largest absolute Gasteiger partial charge is 0.459 e. The van der Waals surface area contributed by atoms with Crippen molar-refractivity contribution in [1.82, 2.24) is 15.6 Å². The molecule has 1 aliphatic heterocycles. The van der Waals surface area contributed by atoms with Crippen LogP contribution in [0.4, 0.5) is 0 Å². The lowest BCUT2D eigenvalue weighted by Crippen LogP contribution is -2.45. The van der Waals surface area contributed by atoms with Crippen LogP contribution >= 0.6 is 0 Å². The predicted molar refractivity (Wildman–Crippen MR) is 98.8 cm³/mol. The van der Waals surface area contributed by atoms with Crippen molar-refractivity contribution in [3.63, 3.8) is 0 Å². The predicted octanol–water partition coefficient (Wildman–Crippen LogP) is 2.60. The van der Waals surface area contributed by atoms with Crippen LogP contribution in [0.2, 0.25) is 0 Å². The molecule has 27 heavy (non-hydrogen) atoms. The van der Waals surface area contributed by atoms with Gasteiger partial charge in [-0.3, -0.25) is 4.79 Å². The lowest BCUT2D eigenvalue weighted by Gasteiger charge is -2.20. The smallest absolute Gasteiger partial charge is 0.329 e. The van der Waals surface area contributed by atoms with Gasteiger partial charge in [0.25, 0.3) is 5.91 Å². The molecule has 2 atom stereocenters. The summed E-state index contributed by atoms with van der Waals surface area (Å²) in [6.07, 6.45) is 3.32. The molecule has 1 aromatic heterocycles. The number of aromatic nitrogens is 1. The molecule has 0 saturated carbocycles. The van der Waals surface area contributed by atoms with Crippen molar-refractivity contribution < 1.29 is 18.7 Å². The van der Waals surface area contributed by atoms with E-state index in [0.717, 1.165) is 24.9 Å². The second-order valence-corrected chi connectivity index (χ2v) is 7.01. The topological polar surface area (TPSA) is 93.5 Å². The third-order valence-electron chi connectivity index (χ3n) is 4.54. The molecule has 0 bridgehead atoms. The van der Waals surface area contributed by atoms with Gasteiger partial charge in [0, 0.05) is 0 Å². The number of hydrogen-bond donors (Lipinski definition) is 2. The van der Waals surface area contributed by atoms with E-state index in [4.69, 9.17) is 9.15 Å². The molecule has 0 spiro atoms. The number of oxazole rings is 1. The number of nitrogens with zero attached hydrogens (tertiary/aromatic N) is 1. The number of carbonyl (C=O) groups excluding carboxylic acids is 2. The van der Waals surface area contributed by atoms with Crippen molar-refractivity contribution in [3.05, 3.63) is 53.7 Å². The van der Waals surface area contributed by atoms with Crippen molar-refractivity contribution in [2.24, 2.45) is 5.92 Å². The molecule has 144 valence electrons. The fourth-order valence-corrected chi connectivity index (χ4v) is 2.98. The third-order valence-corrected chi connectivity index (χ3v) is 4.54. The Morgan fingerprint density at radius 3 is 2.78 bits per heavy atom. The molecule has 2 unspecified atom stereocenters. The van der Waals surface area contributed by atoms with Crippen molar-refractivity contribution in [2.45, 2.75) is 45.4 Å². The number of carbonyl (C=O) groups is 2. The van der Waals surface area contributed by atoms with E-state index in [9.17, 15) is 9.59 Å². The van der Waals surface area contributed by atoms with Crippen molar-refractivity contribution in [2.75, 3.05) is 6.54 Å². The molecular weight excluding hydrogens is 346 g/mol. The quantitative estimate of drug-likeness (QED) is 0.727. The number of hydrogen-bond acceptors (Lipinski definition) is 6. The maximum absolute atomic E-state index is 12.5.